The molecule has 0 heterocycles. The molecule has 5 atom stereocenters. The number of hydrogen-bond acceptors (Lipinski definition) is 0. The normalized spacial score (nSPS) is 61.0. The molecule has 0 heteroatoms. The van der Waals surface area contributed by atoms with Crippen molar-refractivity contribution in [3.63, 3.8) is 0 Å². The molecule has 0 N–H and O–H groups in total. The maximum Gasteiger partial charge on any atom is -0.0235 e. The van der Waals surface area contributed by atoms with Crippen LogP contribution in [-0.2, 0) is 0 Å². The molecule has 12 heavy (non-hydrogen) atoms. The number of hydrogen-bond donors (Lipinski definition) is 0. The van der Waals surface area contributed by atoms with Gasteiger partial charge in [-0.3, -0.25) is 0 Å². The lowest BCUT2D eigenvalue weighted by atomic mass is 10.0. The van der Waals surface area contributed by atoms with E-state index < -0.39 is 0 Å². The third-order valence-corrected chi connectivity index (χ3v) is 4.95. The highest BCUT2D eigenvalue weighted by atomic mass is 14.8. The van der Waals surface area contributed by atoms with Crippen molar-refractivity contribution in [2.75, 3.05) is 0 Å². The Morgan fingerprint density at radius 3 is 2.25 bits per heavy atom. The second-order valence-corrected chi connectivity index (χ2v) is 5.96. The van der Waals surface area contributed by atoms with Gasteiger partial charge in [-0.25, -0.2) is 0 Å². The Bertz CT molecular complexity index is 218. The van der Waals surface area contributed by atoms with Crippen LogP contribution in [0, 0.1) is 35.0 Å². The van der Waals surface area contributed by atoms with Crippen LogP contribution in [0.2, 0.25) is 0 Å². The molecule has 0 aromatic rings. The summed E-state index contributed by atoms with van der Waals surface area (Å²) in [5, 5.41) is 0. The predicted molar refractivity (Wildman–Crippen MR) is 50.8 cm³/mol. The molecule has 3 fully saturated rings. The van der Waals surface area contributed by atoms with Crippen molar-refractivity contribution in [3.05, 3.63) is 0 Å². The summed E-state index contributed by atoms with van der Waals surface area (Å²) in [4.78, 5) is 0. The van der Waals surface area contributed by atoms with E-state index in [2.05, 4.69) is 20.8 Å². The fourth-order valence-electron chi connectivity index (χ4n) is 3.71. The van der Waals surface area contributed by atoms with Crippen LogP contribution in [-0.4, -0.2) is 0 Å². The van der Waals surface area contributed by atoms with Gasteiger partial charge < -0.3 is 0 Å². The highest BCUT2D eigenvalue weighted by molar-refractivity contribution is 5.21. The summed E-state index contributed by atoms with van der Waals surface area (Å²) in [6, 6.07) is 0. The van der Waals surface area contributed by atoms with Gasteiger partial charge in [0.15, 0.2) is 0 Å². The van der Waals surface area contributed by atoms with Crippen LogP contribution in [0.5, 0.6) is 0 Å². The van der Waals surface area contributed by atoms with E-state index in [1.54, 1.807) is 19.3 Å². The van der Waals surface area contributed by atoms with Gasteiger partial charge in [-0.2, -0.15) is 0 Å². The van der Waals surface area contributed by atoms with E-state index in [1.165, 1.54) is 5.92 Å². The average molecular weight is 164 g/mol. The molecule has 0 aromatic heterocycles. The van der Waals surface area contributed by atoms with Crippen molar-refractivity contribution >= 4 is 0 Å². The van der Waals surface area contributed by atoms with Gasteiger partial charge in [-0.1, -0.05) is 20.8 Å². The van der Waals surface area contributed by atoms with E-state index in [9.17, 15) is 0 Å². The molecule has 3 aliphatic carbocycles. The van der Waals surface area contributed by atoms with E-state index in [0.717, 1.165) is 29.1 Å². The Morgan fingerprint density at radius 1 is 1.25 bits per heavy atom. The molecule has 0 nitrogen and oxygen atoms in total. The van der Waals surface area contributed by atoms with E-state index in [4.69, 9.17) is 0 Å². The highest BCUT2D eigenvalue weighted by Crippen LogP contribution is 2.80. The summed E-state index contributed by atoms with van der Waals surface area (Å²) in [5.74, 6) is 5.51. The molecule has 0 bridgehead atoms. The average Bonchev–Trinajstić information content (AvgIpc) is 2.83. The lowest BCUT2D eigenvalue weighted by molar-refractivity contribution is 0.470. The van der Waals surface area contributed by atoms with Crippen molar-refractivity contribution in [2.24, 2.45) is 35.0 Å². The van der Waals surface area contributed by atoms with Gasteiger partial charge in [-0.15, -0.1) is 0 Å². The highest BCUT2D eigenvalue weighted by Gasteiger charge is 2.72. The molecule has 0 aliphatic heterocycles. The van der Waals surface area contributed by atoms with Gasteiger partial charge in [0.1, 0.15) is 0 Å². The monoisotopic (exact) mass is 164 g/mol. The molecule has 5 unspecified atom stereocenters. The SMILES string of the molecule is CC(C)C1CC1C1CC12CC2C. The molecule has 68 valence electrons. The van der Waals surface area contributed by atoms with Crippen LogP contribution in [0.3, 0.4) is 0 Å². The first kappa shape index (κ1) is 7.41. The van der Waals surface area contributed by atoms with Crippen LogP contribution in [0.1, 0.15) is 40.0 Å². The molecular weight excluding hydrogens is 144 g/mol. The second kappa shape index (κ2) is 1.91. The zero-order valence-electron chi connectivity index (χ0n) is 8.51. The molecule has 3 saturated carbocycles. The summed E-state index contributed by atoms with van der Waals surface area (Å²) >= 11 is 0. The fraction of sp³-hybridized carbons (Fsp3) is 1.00. The van der Waals surface area contributed by atoms with Gasteiger partial charge in [0.05, 0.1) is 0 Å². The van der Waals surface area contributed by atoms with Crippen molar-refractivity contribution in [3.8, 4) is 0 Å². The summed E-state index contributed by atoms with van der Waals surface area (Å²) < 4.78 is 0. The minimum absolute atomic E-state index is 0.925. The molecule has 0 radical (unpaired) electrons. The molecule has 1 spiro atoms. The number of rotatable bonds is 2. The standard InChI is InChI=1S/C12H20/c1-7(2)9-4-10(9)11-6-12(11)5-8(12)3/h7-11H,4-6H2,1-3H3. The smallest absolute Gasteiger partial charge is 0.0235 e. The second-order valence-electron chi connectivity index (χ2n) is 5.96. The van der Waals surface area contributed by atoms with E-state index in [1.807, 2.05) is 0 Å². The van der Waals surface area contributed by atoms with Crippen LogP contribution in [0.25, 0.3) is 0 Å². The lowest BCUT2D eigenvalue weighted by Gasteiger charge is -2.01. The van der Waals surface area contributed by atoms with Gasteiger partial charge in [-0.05, 0) is 54.3 Å². The Kier molecular flexibility index (Phi) is 1.18. The molecule has 0 saturated heterocycles. The van der Waals surface area contributed by atoms with Crippen LogP contribution < -0.4 is 0 Å². The van der Waals surface area contributed by atoms with Crippen molar-refractivity contribution in [1.29, 1.82) is 0 Å². The fourth-order valence-corrected chi connectivity index (χ4v) is 3.71. The van der Waals surface area contributed by atoms with Crippen LogP contribution >= 0.6 is 0 Å². The van der Waals surface area contributed by atoms with E-state index >= 15 is 0 Å². The largest absolute Gasteiger partial charge is 0.0625 e. The van der Waals surface area contributed by atoms with Crippen molar-refractivity contribution in [1.82, 2.24) is 0 Å². The maximum atomic E-state index is 2.45. The molecular formula is C12H20. The Morgan fingerprint density at radius 2 is 1.92 bits per heavy atom. The summed E-state index contributed by atoms with van der Waals surface area (Å²) in [6.45, 7) is 7.25. The minimum atomic E-state index is 0.925. The van der Waals surface area contributed by atoms with Gasteiger partial charge >= 0.3 is 0 Å². The van der Waals surface area contributed by atoms with Crippen LogP contribution in [0.4, 0.5) is 0 Å². The maximum absolute atomic E-state index is 2.45. The van der Waals surface area contributed by atoms with Gasteiger partial charge in [0.25, 0.3) is 0 Å². The third-order valence-electron chi connectivity index (χ3n) is 4.95. The summed E-state index contributed by atoms with van der Waals surface area (Å²) in [6.07, 6.45) is 4.73. The molecule has 0 amide bonds. The van der Waals surface area contributed by atoms with Crippen molar-refractivity contribution in [2.45, 2.75) is 40.0 Å². The summed E-state index contributed by atoms with van der Waals surface area (Å²) in [7, 11) is 0. The zero-order chi connectivity index (χ0) is 8.51. The Balaban J connectivity index is 1.60. The summed E-state index contributed by atoms with van der Waals surface area (Å²) in [5.41, 5.74) is 0.925. The molecule has 0 aromatic carbocycles. The Hall–Kier alpha value is 0. The zero-order valence-corrected chi connectivity index (χ0v) is 8.51. The third kappa shape index (κ3) is 0.791. The predicted octanol–water partition coefficient (Wildman–Crippen LogP) is 3.32. The topological polar surface area (TPSA) is 0 Å². The van der Waals surface area contributed by atoms with Crippen molar-refractivity contribution < 1.29 is 0 Å². The van der Waals surface area contributed by atoms with Gasteiger partial charge in [0, 0.05) is 0 Å². The first-order chi connectivity index (χ1) is 5.65. The quantitative estimate of drug-likeness (QED) is 0.587. The van der Waals surface area contributed by atoms with E-state index in [-0.39, 0.29) is 0 Å². The first-order valence-corrected chi connectivity index (χ1v) is 5.65. The van der Waals surface area contributed by atoms with Crippen LogP contribution in [0.15, 0.2) is 0 Å². The van der Waals surface area contributed by atoms with Gasteiger partial charge in [0.2, 0.25) is 0 Å². The lowest BCUT2D eigenvalue weighted by Crippen LogP contribution is -1.95. The Labute approximate surface area is 75.7 Å². The first-order valence-electron chi connectivity index (χ1n) is 5.65. The molecule has 3 aliphatic rings. The minimum Gasteiger partial charge on any atom is -0.0625 e. The van der Waals surface area contributed by atoms with E-state index in [0.29, 0.717) is 0 Å². The molecule has 3 rings (SSSR count).